The van der Waals surface area contributed by atoms with Gasteiger partial charge in [-0.2, -0.15) is 0 Å². The summed E-state index contributed by atoms with van der Waals surface area (Å²) in [5.74, 6) is 0. The molecule has 1 aliphatic heterocycles. The molecule has 0 aromatic heterocycles. The van der Waals surface area contributed by atoms with Crippen molar-refractivity contribution in [3.63, 3.8) is 0 Å². The number of rotatable bonds is 4. The van der Waals surface area contributed by atoms with Gasteiger partial charge in [0.25, 0.3) is 0 Å². The molecule has 1 aromatic rings. The maximum atomic E-state index is 5.52. The Labute approximate surface area is 108 Å². The number of hydrogen-bond donors (Lipinski definition) is 1. The van der Waals surface area contributed by atoms with Crippen LogP contribution in [0.4, 0.5) is 0 Å². The average Bonchev–Trinajstić information content (AvgIpc) is 2.32. The van der Waals surface area contributed by atoms with Crippen LogP contribution in [0.15, 0.2) is 24.3 Å². The molecule has 1 heterocycles. The van der Waals surface area contributed by atoms with Gasteiger partial charge in [0.15, 0.2) is 0 Å². The van der Waals surface area contributed by atoms with E-state index in [1.807, 2.05) is 0 Å². The maximum Gasteiger partial charge on any atom is 0.0771 e. The topological polar surface area (TPSA) is 38.5 Å². The molecule has 0 atom stereocenters. The van der Waals surface area contributed by atoms with Gasteiger partial charge >= 0.3 is 0 Å². The van der Waals surface area contributed by atoms with Gasteiger partial charge in [-0.25, -0.2) is 0 Å². The highest BCUT2D eigenvalue weighted by Gasteiger charge is 2.10. The summed E-state index contributed by atoms with van der Waals surface area (Å²) in [6.45, 7) is 4.74. The zero-order valence-electron chi connectivity index (χ0n) is 9.89. The van der Waals surface area contributed by atoms with Crippen LogP contribution in [0.25, 0.3) is 0 Å². The Balaban J connectivity index is 1.90. The third-order valence-corrected chi connectivity index (χ3v) is 3.06. The molecule has 1 aromatic carbocycles. The first kappa shape index (κ1) is 12.5. The average molecular weight is 250 g/mol. The summed E-state index contributed by atoms with van der Waals surface area (Å²) in [6, 6.07) is 8.52. The lowest BCUT2D eigenvalue weighted by Gasteiger charge is -2.26. The second-order valence-electron chi connectivity index (χ2n) is 4.35. The van der Waals surface area contributed by atoms with Crippen LogP contribution in [0.3, 0.4) is 0 Å². The van der Waals surface area contributed by atoms with E-state index < -0.39 is 0 Å². The summed E-state index contributed by atoms with van der Waals surface area (Å²) < 4.78 is 5.33. The third kappa shape index (κ3) is 4.07. The molecule has 0 bridgehead atoms. The molecule has 0 spiro atoms. The van der Waals surface area contributed by atoms with Crippen molar-refractivity contribution in [2.45, 2.75) is 13.0 Å². The smallest absolute Gasteiger partial charge is 0.0771 e. The van der Waals surface area contributed by atoms with Crippen molar-refractivity contribution in [2.24, 2.45) is 5.73 Å². The first-order chi connectivity index (χ1) is 8.24. The van der Waals surface area contributed by atoms with Crippen molar-refractivity contribution in [3.8, 4) is 0 Å². The summed E-state index contributed by atoms with van der Waals surface area (Å²) in [4.78, 5) is 2.96. The van der Waals surface area contributed by atoms with Gasteiger partial charge in [-0.3, -0.25) is 4.90 Å². The number of nitrogens with two attached hydrogens (primary N) is 1. The van der Waals surface area contributed by atoms with E-state index in [9.17, 15) is 0 Å². The van der Waals surface area contributed by atoms with E-state index in [1.54, 1.807) is 0 Å². The van der Waals surface area contributed by atoms with Gasteiger partial charge in [0, 0.05) is 26.1 Å². The maximum absolute atomic E-state index is 5.52. The monoisotopic (exact) mass is 250 g/mol. The number of ether oxygens (including phenoxy) is 1. The van der Waals surface area contributed by atoms with Crippen LogP contribution in [-0.4, -0.2) is 36.2 Å². The van der Waals surface area contributed by atoms with E-state index in [1.165, 1.54) is 11.1 Å². The summed E-state index contributed by atoms with van der Waals surface area (Å²) in [6.07, 6.45) is 0.688. The van der Waals surface area contributed by atoms with E-state index in [0.29, 0.717) is 11.4 Å². The van der Waals surface area contributed by atoms with E-state index in [4.69, 9.17) is 22.7 Å². The molecule has 1 fully saturated rings. The van der Waals surface area contributed by atoms with E-state index in [0.717, 1.165) is 32.8 Å². The lowest BCUT2D eigenvalue weighted by molar-refractivity contribution is 0.0342. The molecule has 0 unspecified atom stereocenters. The Hall–Kier alpha value is -0.970. The van der Waals surface area contributed by atoms with Crippen molar-refractivity contribution in [3.05, 3.63) is 35.4 Å². The molecule has 0 aliphatic carbocycles. The summed E-state index contributed by atoms with van der Waals surface area (Å²) in [5, 5.41) is 0. The molecular weight excluding hydrogens is 232 g/mol. The predicted octanol–water partition coefficient (Wildman–Crippen LogP) is 1.35. The normalized spacial score (nSPS) is 16.9. The van der Waals surface area contributed by atoms with Gasteiger partial charge in [-0.15, -0.1) is 0 Å². The predicted molar refractivity (Wildman–Crippen MR) is 73.0 cm³/mol. The molecule has 3 nitrogen and oxygen atoms in total. The molecule has 2 N–H and O–H groups in total. The molecule has 4 heteroatoms. The number of hydrogen-bond acceptors (Lipinski definition) is 3. The van der Waals surface area contributed by atoms with Crippen LogP contribution in [0.5, 0.6) is 0 Å². The SMILES string of the molecule is NC(=S)Cc1ccc(CN2CCOCC2)cc1. The highest BCUT2D eigenvalue weighted by Crippen LogP contribution is 2.09. The second-order valence-corrected chi connectivity index (χ2v) is 4.87. The van der Waals surface area contributed by atoms with E-state index in [-0.39, 0.29) is 0 Å². The quantitative estimate of drug-likeness (QED) is 0.819. The fourth-order valence-electron chi connectivity index (χ4n) is 1.98. The molecule has 0 saturated carbocycles. The van der Waals surface area contributed by atoms with Gasteiger partial charge in [-0.1, -0.05) is 36.5 Å². The fraction of sp³-hybridized carbons (Fsp3) is 0.462. The molecule has 17 heavy (non-hydrogen) atoms. The fourth-order valence-corrected chi connectivity index (χ4v) is 2.15. The zero-order valence-corrected chi connectivity index (χ0v) is 10.7. The molecule has 1 saturated heterocycles. The summed E-state index contributed by atoms with van der Waals surface area (Å²) in [7, 11) is 0. The lowest BCUT2D eigenvalue weighted by Crippen LogP contribution is -2.35. The first-order valence-electron chi connectivity index (χ1n) is 5.90. The number of thiocarbonyl (C=S) groups is 1. The van der Waals surface area contributed by atoms with Crippen molar-refractivity contribution >= 4 is 17.2 Å². The van der Waals surface area contributed by atoms with Crippen molar-refractivity contribution < 1.29 is 4.74 Å². The molecule has 1 aliphatic rings. The Morgan fingerprint density at radius 3 is 2.35 bits per heavy atom. The minimum Gasteiger partial charge on any atom is -0.393 e. The Bertz CT molecular complexity index is 372. The minimum absolute atomic E-state index is 0.547. The Morgan fingerprint density at radius 2 is 1.76 bits per heavy atom. The zero-order chi connectivity index (χ0) is 12.1. The minimum atomic E-state index is 0.547. The molecular formula is C13H18N2OS. The molecule has 92 valence electrons. The van der Waals surface area contributed by atoms with Gasteiger partial charge in [0.1, 0.15) is 0 Å². The summed E-state index contributed by atoms with van der Waals surface area (Å²) >= 11 is 4.90. The van der Waals surface area contributed by atoms with Crippen molar-refractivity contribution in [1.29, 1.82) is 0 Å². The second kappa shape index (κ2) is 6.10. The summed E-state index contributed by atoms with van der Waals surface area (Å²) in [5.41, 5.74) is 8.04. The molecule has 0 amide bonds. The largest absolute Gasteiger partial charge is 0.393 e. The Kier molecular flexibility index (Phi) is 4.48. The van der Waals surface area contributed by atoms with Gasteiger partial charge < -0.3 is 10.5 Å². The van der Waals surface area contributed by atoms with Gasteiger partial charge in [0.2, 0.25) is 0 Å². The van der Waals surface area contributed by atoms with Crippen molar-refractivity contribution in [2.75, 3.05) is 26.3 Å². The van der Waals surface area contributed by atoms with Crippen LogP contribution in [0.2, 0.25) is 0 Å². The Morgan fingerprint density at radius 1 is 1.18 bits per heavy atom. The lowest BCUT2D eigenvalue weighted by atomic mass is 10.1. The van der Waals surface area contributed by atoms with E-state index >= 15 is 0 Å². The van der Waals surface area contributed by atoms with E-state index in [2.05, 4.69) is 29.2 Å². The number of morpholine rings is 1. The van der Waals surface area contributed by atoms with Gasteiger partial charge in [-0.05, 0) is 11.1 Å². The highest BCUT2D eigenvalue weighted by atomic mass is 32.1. The van der Waals surface area contributed by atoms with Crippen LogP contribution in [-0.2, 0) is 17.7 Å². The van der Waals surface area contributed by atoms with Crippen LogP contribution in [0, 0.1) is 0 Å². The van der Waals surface area contributed by atoms with Crippen molar-refractivity contribution in [1.82, 2.24) is 4.90 Å². The standard InChI is InChI=1S/C13H18N2OS/c14-13(17)9-11-1-3-12(4-2-11)10-15-5-7-16-8-6-15/h1-4H,5-10H2,(H2,14,17). The van der Waals surface area contributed by atoms with Gasteiger partial charge in [0.05, 0.1) is 18.2 Å². The highest BCUT2D eigenvalue weighted by molar-refractivity contribution is 7.80. The first-order valence-corrected chi connectivity index (χ1v) is 6.31. The molecule has 2 rings (SSSR count). The third-order valence-electron chi connectivity index (χ3n) is 2.91. The number of benzene rings is 1. The van der Waals surface area contributed by atoms with Crippen LogP contribution >= 0.6 is 12.2 Å². The van der Waals surface area contributed by atoms with Crippen LogP contribution < -0.4 is 5.73 Å². The number of nitrogens with zero attached hydrogens (tertiary/aromatic N) is 1. The van der Waals surface area contributed by atoms with Crippen LogP contribution in [0.1, 0.15) is 11.1 Å². The molecule has 0 radical (unpaired) electrons.